The third-order valence-corrected chi connectivity index (χ3v) is 2.59. The number of nitrogens with zero attached hydrogens (tertiary/aromatic N) is 1. The van der Waals surface area contributed by atoms with Crippen LogP contribution in [0.1, 0.15) is 19.8 Å². The second-order valence-corrected chi connectivity index (χ2v) is 4.17. The van der Waals surface area contributed by atoms with Gasteiger partial charge in [0.1, 0.15) is 6.10 Å². The van der Waals surface area contributed by atoms with Gasteiger partial charge in [-0.05, 0) is 26.3 Å². The number of halogens is 2. The van der Waals surface area contributed by atoms with Crippen molar-refractivity contribution in [3.63, 3.8) is 0 Å². The van der Waals surface area contributed by atoms with Crippen LogP contribution in [0.15, 0.2) is 0 Å². The van der Waals surface area contributed by atoms with Crippen LogP contribution in [0, 0.1) is 0 Å². The molecule has 0 aromatic carbocycles. The summed E-state index contributed by atoms with van der Waals surface area (Å²) in [6, 6.07) is 0. The maximum absolute atomic E-state index is 12.1. The number of hydrogen-bond donors (Lipinski definition) is 1. The first kappa shape index (κ1) is 14.1. The molecule has 2 N–H and O–H groups in total. The van der Waals surface area contributed by atoms with Crippen LogP contribution < -0.4 is 5.73 Å². The van der Waals surface area contributed by atoms with Gasteiger partial charge in [-0.2, -0.15) is 8.78 Å². The summed E-state index contributed by atoms with van der Waals surface area (Å²) in [6.07, 6.45) is -0.204. The standard InChI is InChI=1S/C10H18F2N2O3/c1-7(16-10(13)15)5-14-4-2-3-8(6-14)17-9(11)12/h7-9H,2-6H2,1H3,(H2,13,15). The lowest BCUT2D eigenvalue weighted by Crippen LogP contribution is -2.44. The van der Waals surface area contributed by atoms with Crippen molar-refractivity contribution in [1.29, 1.82) is 0 Å². The molecule has 100 valence electrons. The van der Waals surface area contributed by atoms with E-state index in [2.05, 4.69) is 4.74 Å². The average Bonchev–Trinajstić information content (AvgIpc) is 2.14. The summed E-state index contributed by atoms with van der Waals surface area (Å²) < 4.78 is 33.4. The fourth-order valence-electron chi connectivity index (χ4n) is 2.03. The summed E-state index contributed by atoms with van der Waals surface area (Å²) in [7, 11) is 0. The van der Waals surface area contributed by atoms with Crippen LogP contribution >= 0.6 is 0 Å². The van der Waals surface area contributed by atoms with E-state index in [-0.39, 0.29) is 6.10 Å². The molecule has 2 atom stereocenters. The normalized spacial score (nSPS) is 23.6. The highest BCUT2D eigenvalue weighted by Crippen LogP contribution is 2.16. The van der Waals surface area contributed by atoms with Gasteiger partial charge in [0, 0.05) is 13.1 Å². The van der Waals surface area contributed by atoms with Crippen molar-refractivity contribution in [2.45, 2.75) is 38.6 Å². The van der Waals surface area contributed by atoms with Gasteiger partial charge in [0.25, 0.3) is 0 Å². The van der Waals surface area contributed by atoms with Gasteiger partial charge in [0.05, 0.1) is 6.10 Å². The Morgan fingerprint density at radius 2 is 2.29 bits per heavy atom. The first-order chi connectivity index (χ1) is 7.97. The van der Waals surface area contributed by atoms with Gasteiger partial charge in [0.2, 0.25) is 0 Å². The van der Waals surface area contributed by atoms with Gasteiger partial charge in [0.15, 0.2) is 0 Å². The molecule has 0 aromatic rings. The molecule has 0 aliphatic carbocycles. The SMILES string of the molecule is CC(CN1CCCC(OC(F)F)C1)OC(N)=O. The van der Waals surface area contributed by atoms with Gasteiger partial charge in [-0.15, -0.1) is 0 Å². The van der Waals surface area contributed by atoms with Crippen molar-refractivity contribution in [3.8, 4) is 0 Å². The van der Waals surface area contributed by atoms with Crippen molar-refractivity contribution in [3.05, 3.63) is 0 Å². The Hall–Kier alpha value is -0.950. The molecule has 1 amide bonds. The van der Waals surface area contributed by atoms with Gasteiger partial charge < -0.3 is 15.2 Å². The van der Waals surface area contributed by atoms with E-state index in [1.807, 2.05) is 4.90 Å². The number of ether oxygens (including phenoxy) is 2. The molecule has 0 bridgehead atoms. The van der Waals surface area contributed by atoms with Crippen molar-refractivity contribution >= 4 is 6.09 Å². The highest BCUT2D eigenvalue weighted by molar-refractivity contribution is 5.64. The topological polar surface area (TPSA) is 64.8 Å². The zero-order valence-electron chi connectivity index (χ0n) is 9.77. The number of piperidine rings is 1. The van der Waals surface area contributed by atoms with E-state index in [9.17, 15) is 13.6 Å². The van der Waals surface area contributed by atoms with E-state index < -0.39 is 18.8 Å². The first-order valence-corrected chi connectivity index (χ1v) is 5.59. The van der Waals surface area contributed by atoms with Crippen LogP contribution in [0.2, 0.25) is 0 Å². The predicted molar refractivity (Wildman–Crippen MR) is 56.7 cm³/mol. The fourth-order valence-corrected chi connectivity index (χ4v) is 2.03. The van der Waals surface area contributed by atoms with Gasteiger partial charge in [-0.25, -0.2) is 4.79 Å². The van der Waals surface area contributed by atoms with Gasteiger partial charge in [-0.1, -0.05) is 0 Å². The Labute approximate surface area is 98.8 Å². The zero-order valence-corrected chi connectivity index (χ0v) is 9.77. The molecule has 0 aromatic heterocycles. The molecule has 2 unspecified atom stereocenters. The van der Waals surface area contributed by atoms with E-state index >= 15 is 0 Å². The number of nitrogens with two attached hydrogens (primary N) is 1. The molecule has 1 fully saturated rings. The zero-order chi connectivity index (χ0) is 12.8. The highest BCUT2D eigenvalue weighted by Gasteiger charge is 2.24. The minimum atomic E-state index is -2.74. The van der Waals surface area contributed by atoms with Crippen LogP contribution in [0.25, 0.3) is 0 Å². The predicted octanol–water partition coefficient (Wildman–Crippen LogP) is 1.17. The Balaban J connectivity index is 2.31. The molecule has 1 heterocycles. The highest BCUT2D eigenvalue weighted by atomic mass is 19.3. The molecule has 1 saturated heterocycles. The third kappa shape index (κ3) is 5.78. The Morgan fingerprint density at radius 1 is 1.59 bits per heavy atom. The van der Waals surface area contributed by atoms with Gasteiger partial charge >= 0.3 is 12.7 Å². The average molecular weight is 252 g/mol. The Bertz CT molecular complexity index is 254. The molecule has 0 saturated carbocycles. The van der Waals surface area contributed by atoms with E-state index in [4.69, 9.17) is 10.5 Å². The molecule has 0 radical (unpaired) electrons. The molecule has 1 aliphatic rings. The van der Waals surface area contributed by atoms with Crippen LogP contribution in [0.4, 0.5) is 13.6 Å². The van der Waals surface area contributed by atoms with E-state index in [0.29, 0.717) is 19.5 Å². The lowest BCUT2D eigenvalue weighted by molar-refractivity contribution is -0.175. The van der Waals surface area contributed by atoms with E-state index in [1.54, 1.807) is 6.92 Å². The molecule has 1 aliphatic heterocycles. The van der Waals surface area contributed by atoms with Gasteiger partial charge in [-0.3, -0.25) is 4.90 Å². The van der Waals surface area contributed by atoms with Crippen molar-refractivity contribution in [2.24, 2.45) is 5.73 Å². The Morgan fingerprint density at radius 3 is 2.88 bits per heavy atom. The van der Waals surface area contributed by atoms with Crippen molar-refractivity contribution in [1.82, 2.24) is 4.90 Å². The summed E-state index contributed by atoms with van der Waals surface area (Å²) in [5.74, 6) is 0. The Kier molecular flexibility index (Phi) is 5.57. The summed E-state index contributed by atoms with van der Waals surface area (Å²) in [5, 5.41) is 0. The largest absolute Gasteiger partial charge is 0.445 e. The molecular formula is C10H18F2N2O3. The quantitative estimate of drug-likeness (QED) is 0.797. The lowest BCUT2D eigenvalue weighted by atomic mass is 10.1. The second-order valence-electron chi connectivity index (χ2n) is 4.17. The smallest absolute Gasteiger partial charge is 0.404 e. The monoisotopic (exact) mass is 252 g/mol. The number of carbonyl (C=O) groups is 1. The van der Waals surface area contributed by atoms with Crippen LogP contribution in [0.3, 0.4) is 0 Å². The third-order valence-electron chi connectivity index (χ3n) is 2.59. The number of alkyl halides is 2. The number of primary amides is 1. The second kappa shape index (κ2) is 6.70. The number of amides is 1. The number of rotatable bonds is 5. The van der Waals surface area contributed by atoms with E-state index in [0.717, 1.165) is 13.0 Å². The number of carbonyl (C=O) groups excluding carboxylic acids is 1. The summed E-state index contributed by atoms with van der Waals surface area (Å²) >= 11 is 0. The minimum Gasteiger partial charge on any atom is -0.445 e. The molecule has 7 heteroatoms. The number of hydrogen-bond acceptors (Lipinski definition) is 4. The van der Waals surface area contributed by atoms with Crippen LogP contribution in [0.5, 0.6) is 0 Å². The van der Waals surface area contributed by atoms with Crippen molar-refractivity contribution < 1.29 is 23.0 Å². The summed E-state index contributed by atoms with van der Waals surface area (Å²) in [5.41, 5.74) is 4.89. The first-order valence-electron chi connectivity index (χ1n) is 5.59. The molecule has 17 heavy (non-hydrogen) atoms. The minimum absolute atomic E-state index is 0.349. The maximum atomic E-state index is 12.1. The fraction of sp³-hybridized carbons (Fsp3) is 0.900. The molecule has 1 rings (SSSR count). The molecule has 5 nitrogen and oxygen atoms in total. The van der Waals surface area contributed by atoms with Crippen LogP contribution in [-0.4, -0.2) is 49.4 Å². The molecular weight excluding hydrogens is 234 g/mol. The van der Waals surface area contributed by atoms with Crippen molar-refractivity contribution in [2.75, 3.05) is 19.6 Å². The lowest BCUT2D eigenvalue weighted by Gasteiger charge is -2.33. The van der Waals surface area contributed by atoms with Crippen LogP contribution in [-0.2, 0) is 9.47 Å². The van der Waals surface area contributed by atoms with E-state index in [1.165, 1.54) is 0 Å². The summed E-state index contributed by atoms with van der Waals surface area (Å²) in [6.45, 7) is 0.667. The summed E-state index contributed by atoms with van der Waals surface area (Å²) in [4.78, 5) is 12.5. The molecule has 0 spiro atoms. The maximum Gasteiger partial charge on any atom is 0.404 e. The number of likely N-dealkylation sites (tertiary alicyclic amines) is 1.